The molecule has 0 fully saturated rings. The van der Waals surface area contributed by atoms with Crippen molar-refractivity contribution < 1.29 is 14.3 Å². The van der Waals surface area contributed by atoms with Crippen LogP contribution in [0.15, 0.2) is 42.7 Å². The number of carbonyl (C=O) groups is 1. The first kappa shape index (κ1) is 16.8. The average molecular weight is 314 g/mol. The zero-order valence-corrected chi connectivity index (χ0v) is 13.7. The summed E-state index contributed by atoms with van der Waals surface area (Å²) >= 11 is 0. The largest absolute Gasteiger partial charge is 0.497 e. The van der Waals surface area contributed by atoms with Crippen molar-refractivity contribution in [1.82, 2.24) is 10.3 Å². The number of pyridine rings is 1. The standard InChI is InChI=1S/C18H22N2O3/c1-13(15-5-4-8-19-12-15)20-18(21)7-6-14-9-16(22-2)11-17(10-14)23-3/h4-5,8-13H,6-7H2,1-3H3,(H,20,21)/t13-/m1/s1. The van der Waals surface area contributed by atoms with Crippen molar-refractivity contribution in [3.63, 3.8) is 0 Å². The van der Waals surface area contributed by atoms with E-state index in [1.54, 1.807) is 26.6 Å². The molecule has 0 saturated heterocycles. The predicted molar refractivity (Wildman–Crippen MR) is 88.7 cm³/mol. The molecule has 1 aromatic carbocycles. The molecule has 1 aromatic heterocycles. The molecular weight excluding hydrogens is 292 g/mol. The van der Waals surface area contributed by atoms with Crippen LogP contribution < -0.4 is 14.8 Å². The molecule has 0 radical (unpaired) electrons. The van der Waals surface area contributed by atoms with Crippen molar-refractivity contribution in [2.45, 2.75) is 25.8 Å². The quantitative estimate of drug-likeness (QED) is 0.853. The van der Waals surface area contributed by atoms with E-state index in [4.69, 9.17) is 9.47 Å². The predicted octanol–water partition coefficient (Wildman–Crippen LogP) is 2.91. The maximum atomic E-state index is 12.1. The number of rotatable bonds is 7. The number of hydrogen-bond acceptors (Lipinski definition) is 4. The number of nitrogens with zero attached hydrogens (tertiary/aromatic N) is 1. The number of methoxy groups -OCH3 is 2. The molecule has 1 N–H and O–H groups in total. The number of carbonyl (C=O) groups excluding carboxylic acids is 1. The van der Waals surface area contributed by atoms with E-state index in [1.165, 1.54) is 0 Å². The molecule has 122 valence electrons. The number of ether oxygens (including phenoxy) is 2. The van der Waals surface area contributed by atoms with Crippen LogP contribution in [-0.2, 0) is 11.2 Å². The summed E-state index contributed by atoms with van der Waals surface area (Å²) in [4.78, 5) is 16.2. The fourth-order valence-electron chi connectivity index (χ4n) is 2.30. The number of aryl methyl sites for hydroxylation is 1. The van der Waals surface area contributed by atoms with Gasteiger partial charge in [0.05, 0.1) is 20.3 Å². The summed E-state index contributed by atoms with van der Waals surface area (Å²) in [5.41, 5.74) is 1.99. The molecule has 0 aliphatic carbocycles. The smallest absolute Gasteiger partial charge is 0.220 e. The highest BCUT2D eigenvalue weighted by Gasteiger charge is 2.10. The number of nitrogens with one attached hydrogen (secondary N) is 1. The van der Waals surface area contributed by atoms with Crippen LogP contribution in [-0.4, -0.2) is 25.1 Å². The van der Waals surface area contributed by atoms with Crippen LogP contribution in [0.5, 0.6) is 11.5 Å². The Morgan fingerprint density at radius 2 is 1.91 bits per heavy atom. The second kappa shape index (κ2) is 8.17. The third-order valence-electron chi connectivity index (χ3n) is 3.61. The lowest BCUT2D eigenvalue weighted by atomic mass is 10.1. The van der Waals surface area contributed by atoms with Crippen LogP contribution in [0, 0.1) is 0 Å². The van der Waals surface area contributed by atoms with Gasteiger partial charge in [-0.3, -0.25) is 9.78 Å². The minimum Gasteiger partial charge on any atom is -0.497 e. The monoisotopic (exact) mass is 314 g/mol. The summed E-state index contributed by atoms with van der Waals surface area (Å²) in [5.74, 6) is 1.45. The van der Waals surface area contributed by atoms with Gasteiger partial charge in [-0.1, -0.05) is 6.07 Å². The number of hydrogen-bond donors (Lipinski definition) is 1. The molecule has 0 aliphatic heterocycles. The van der Waals surface area contributed by atoms with Gasteiger partial charge < -0.3 is 14.8 Å². The molecule has 2 aromatic rings. The minimum absolute atomic E-state index is 0.00291. The first-order chi connectivity index (χ1) is 11.1. The maximum Gasteiger partial charge on any atom is 0.220 e. The highest BCUT2D eigenvalue weighted by Crippen LogP contribution is 2.23. The molecule has 1 amide bonds. The highest BCUT2D eigenvalue weighted by atomic mass is 16.5. The van der Waals surface area contributed by atoms with Gasteiger partial charge in [0, 0.05) is 24.9 Å². The van der Waals surface area contributed by atoms with Gasteiger partial charge in [0.2, 0.25) is 5.91 Å². The van der Waals surface area contributed by atoms with Gasteiger partial charge in [-0.15, -0.1) is 0 Å². The fourth-order valence-corrected chi connectivity index (χ4v) is 2.30. The van der Waals surface area contributed by atoms with Gasteiger partial charge in [-0.2, -0.15) is 0 Å². The molecule has 1 heterocycles. The Hall–Kier alpha value is -2.56. The lowest BCUT2D eigenvalue weighted by Crippen LogP contribution is -2.26. The molecule has 2 rings (SSSR count). The first-order valence-corrected chi connectivity index (χ1v) is 7.53. The summed E-state index contributed by atoms with van der Waals surface area (Å²) in [6, 6.07) is 9.40. The van der Waals surface area contributed by atoms with E-state index in [2.05, 4.69) is 10.3 Å². The van der Waals surface area contributed by atoms with Gasteiger partial charge in [0.1, 0.15) is 11.5 Å². The molecule has 5 heteroatoms. The van der Waals surface area contributed by atoms with E-state index >= 15 is 0 Å². The van der Waals surface area contributed by atoms with Gasteiger partial charge in [-0.05, 0) is 42.7 Å². The molecule has 23 heavy (non-hydrogen) atoms. The summed E-state index contributed by atoms with van der Waals surface area (Å²) in [7, 11) is 3.22. The van der Waals surface area contributed by atoms with Gasteiger partial charge in [0.15, 0.2) is 0 Å². The van der Waals surface area contributed by atoms with E-state index < -0.39 is 0 Å². The lowest BCUT2D eigenvalue weighted by molar-refractivity contribution is -0.121. The Labute approximate surface area is 136 Å². The van der Waals surface area contributed by atoms with Crippen LogP contribution in [0.1, 0.15) is 30.5 Å². The molecular formula is C18H22N2O3. The maximum absolute atomic E-state index is 12.1. The summed E-state index contributed by atoms with van der Waals surface area (Å²) in [6.45, 7) is 1.95. The van der Waals surface area contributed by atoms with E-state index in [0.29, 0.717) is 12.8 Å². The average Bonchev–Trinajstić information content (AvgIpc) is 2.60. The van der Waals surface area contributed by atoms with Crippen LogP contribution in [0.25, 0.3) is 0 Å². The molecule has 0 bridgehead atoms. The Kier molecular flexibility index (Phi) is 5.97. The van der Waals surface area contributed by atoms with Crippen LogP contribution in [0.3, 0.4) is 0 Å². The normalized spacial score (nSPS) is 11.6. The molecule has 0 aliphatic rings. The molecule has 0 unspecified atom stereocenters. The second-order valence-corrected chi connectivity index (χ2v) is 5.30. The molecule has 0 saturated carbocycles. The first-order valence-electron chi connectivity index (χ1n) is 7.53. The van der Waals surface area contributed by atoms with Crippen molar-refractivity contribution in [3.05, 3.63) is 53.9 Å². The molecule has 0 spiro atoms. The third-order valence-corrected chi connectivity index (χ3v) is 3.61. The van der Waals surface area contributed by atoms with E-state index in [1.807, 2.05) is 37.3 Å². The second-order valence-electron chi connectivity index (χ2n) is 5.30. The lowest BCUT2D eigenvalue weighted by Gasteiger charge is -2.14. The number of aromatic nitrogens is 1. The minimum atomic E-state index is -0.0592. The zero-order valence-electron chi connectivity index (χ0n) is 13.7. The van der Waals surface area contributed by atoms with Crippen LogP contribution >= 0.6 is 0 Å². The Morgan fingerprint density at radius 3 is 2.48 bits per heavy atom. The van der Waals surface area contributed by atoms with E-state index in [0.717, 1.165) is 22.6 Å². The molecule has 5 nitrogen and oxygen atoms in total. The van der Waals surface area contributed by atoms with Crippen molar-refractivity contribution in [1.29, 1.82) is 0 Å². The summed E-state index contributed by atoms with van der Waals surface area (Å²) < 4.78 is 10.5. The number of amides is 1. The van der Waals surface area contributed by atoms with Crippen LogP contribution in [0.4, 0.5) is 0 Å². The SMILES string of the molecule is COc1cc(CCC(=O)N[C@H](C)c2cccnc2)cc(OC)c1. The van der Waals surface area contributed by atoms with Gasteiger partial charge in [0.25, 0.3) is 0 Å². The highest BCUT2D eigenvalue weighted by molar-refractivity contribution is 5.76. The topological polar surface area (TPSA) is 60.5 Å². The van der Waals surface area contributed by atoms with Crippen molar-refractivity contribution in [2.24, 2.45) is 0 Å². The summed E-state index contributed by atoms with van der Waals surface area (Å²) in [5, 5.41) is 2.98. The third kappa shape index (κ3) is 4.98. The Balaban J connectivity index is 1.91. The molecule has 1 atom stereocenters. The van der Waals surface area contributed by atoms with Gasteiger partial charge >= 0.3 is 0 Å². The Morgan fingerprint density at radius 1 is 1.22 bits per heavy atom. The van der Waals surface area contributed by atoms with Gasteiger partial charge in [-0.25, -0.2) is 0 Å². The van der Waals surface area contributed by atoms with E-state index in [-0.39, 0.29) is 11.9 Å². The number of benzene rings is 1. The fraction of sp³-hybridized carbons (Fsp3) is 0.333. The Bertz CT molecular complexity index is 622. The van der Waals surface area contributed by atoms with Crippen molar-refractivity contribution >= 4 is 5.91 Å². The zero-order chi connectivity index (χ0) is 16.7. The summed E-state index contributed by atoms with van der Waals surface area (Å²) in [6.07, 6.45) is 4.51. The van der Waals surface area contributed by atoms with Crippen molar-refractivity contribution in [3.8, 4) is 11.5 Å². The van der Waals surface area contributed by atoms with Crippen LogP contribution in [0.2, 0.25) is 0 Å². The van der Waals surface area contributed by atoms with Crippen molar-refractivity contribution in [2.75, 3.05) is 14.2 Å². The van der Waals surface area contributed by atoms with E-state index in [9.17, 15) is 4.79 Å².